The van der Waals surface area contributed by atoms with Gasteiger partial charge in [-0.15, -0.1) is 11.3 Å². The molecule has 50 heavy (non-hydrogen) atoms. The maximum absolute atomic E-state index is 13.8. The Bertz CT molecular complexity index is 1670. The van der Waals surface area contributed by atoms with E-state index in [9.17, 15) is 38.7 Å². The van der Waals surface area contributed by atoms with Crippen LogP contribution < -0.4 is 31.3 Å². The molecule has 0 fully saturated rings. The van der Waals surface area contributed by atoms with Gasteiger partial charge in [-0.2, -0.15) is 0 Å². The second-order valence-corrected chi connectivity index (χ2v) is 12.3. The van der Waals surface area contributed by atoms with Gasteiger partial charge in [-0.05, 0) is 34.7 Å². The summed E-state index contributed by atoms with van der Waals surface area (Å²) in [6.45, 7) is -0.955. The van der Waals surface area contributed by atoms with Gasteiger partial charge in [0.1, 0.15) is 29.9 Å². The minimum atomic E-state index is -1.55. The van der Waals surface area contributed by atoms with E-state index in [1.807, 2.05) is 17.5 Å². The number of aliphatic carboxylic acids is 1. The average molecular weight is 708 g/mol. The third-order valence-electron chi connectivity index (χ3n) is 7.54. The summed E-state index contributed by atoms with van der Waals surface area (Å²) >= 11 is 1.40. The zero-order valence-corrected chi connectivity index (χ0v) is 27.8. The van der Waals surface area contributed by atoms with Gasteiger partial charge in [-0.25, -0.2) is 4.79 Å². The first-order chi connectivity index (χ1) is 24.0. The highest BCUT2D eigenvalue weighted by atomic mass is 32.1. The molecule has 0 spiro atoms. The van der Waals surface area contributed by atoms with E-state index >= 15 is 0 Å². The molecule has 0 saturated heterocycles. The van der Waals surface area contributed by atoms with Crippen LogP contribution in [0.3, 0.4) is 0 Å². The van der Waals surface area contributed by atoms with E-state index in [1.165, 1.54) is 11.3 Å². The van der Waals surface area contributed by atoms with Crippen LogP contribution in [0.2, 0.25) is 0 Å². The predicted octanol–water partition coefficient (Wildman–Crippen LogP) is -0.128. The fourth-order valence-corrected chi connectivity index (χ4v) is 5.79. The minimum absolute atomic E-state index is 0.00753. The molecule has 0 unspecified atom stereocenters. The molecule has 5 amide bonds. The molecule has 3 heterocycles. The number of methoxy groups -OCH3 is 1. The number of amides is 5. The molecule has 3 aromatic rings. The molecule has 2 aromatic carbocycles. The number of hydrogen-bond acceptors (Lipinski definition) is 10. The summed E-state index contributed by atoms with van der Waals surface area (Å²) in [4.78, 5) is 91.0. The summed E-state index contributed by atoms with van der Waals surface area (Å²) in [7, 11) is 1.04. The van der Waals surface area contributed by atoms with Crippen LogP contribution in [0.15, 0.2) is 72.1 Å². The predicted molar refractivity (Wildman–Crippen MR) is 179 cm³/mol. The lowest BCUT2D eigenvalue weighted by molar-refractivity contribution is -0.149. The fraction of sp³-hybridized carbons (Fsp3) is 0.324. The smallest absolute Gasteiger partial charge is 0.328 e. The van der Waals surface area contributed by atoms with Crippen molar-refractivity contribution < 1.29 is 48.1 Å². The van der Waals surface area contributed by atoms with Crippen LogP contribution in [0.25, 0.3) is 0 Å². The lowest BCUT2D eigenvalue weighted by Gasteiger charge is -2.25. The summed E-state index contributed by atoms with van der Waals surface area (Å²) in [6, 6.07) is 13.5. The quantitative estimate of drug-likeness (QED) is 0.128. The Hall–Kier alpha value is -5.77. The van der Waals surface area contributed by atoms with Crippen molar-refractivity contribution in [2.75, 3.05) is 20.3 Å². The van der Waals surface area contributed by atoms with Crippen molar-refractivity contribution in [3.8, 4) is 5.75 Å². The second-order valence-electron chi connectivity index (χ2n) is 11.3. The number of hydrogen-bond donors (Lipinski definition) is 6. The summed E-state index contributed by atoms with van der Waals surface area (Å²) in [5.41, 5.74) is 1.21. The third-order valence-corrected chi connectivity index (χ3v) is 8.44. The van der Waals surface area contributed by atoms with E-state index in [0.29, 0.717) is 16.9 Å². The molecule has 1 aromatic heterocycles. The second kappa shape index (κ2) is 18.1. The van der Waals surface area contributed by atoms with Crippen molar-refractivity contribution in [3.63, 3.8) is 0 Å². The number of fused-ring (bicyclic) bond motifs is 16. The number of nitrogens with one attached hydrogen (secondary N) is 5. The maximum atomic E-state index is 13.8. The molecular formula is C34H37N5O10S. The standard InChI is InChI=1S/C34H37N5O10S/c1-48-34(47)27(17-30(42)43)39-33(46)25-15-21-9-11-22(12-10-21)49-19-29(41)37-26(16-23-8-5-13-50-23)31(44)35-18-28(40)36-24(32(45)38-25)14-20-6-3-2-4-7-20/h2-13,24-27H,14-19H2,1H3,(H,35,44)(H,36,40)(H,37,41)(H,38,45)(H,39,46)(H,42,43)/t24-,25-,26-,27-/m0/s1. The number of carbonyl (C=O) groups is 7. The first kappa shape index (κ1) is 37.1. The van der Waals surface area contributed by atoms with Gasteiger partial charge in [0, 0.05) is 24.1 Å². The Morgan fingerprint density at radius 2 is 1.60 bits per heavy atom. The van der Waals surface area contributed by atoms with Crippen molar-refractivity contribution >= 4 is 52.8 Å². The molecule has 264 valence electrons. The third kappa shape index (κ3) is 11.4. The molecular weight excluding hydrogens is 670 g/mol. The first-order valence-corrected chi connectivity index (χ1v) is 16.4. The molecule has 0 aliphatic carbocycles. The molecule has 6 N–H and O–H groups in total. The van der Waals surface area contributed by atoms with Crippen LogP contribution in [-0.2, 0) is 57.6 Å². The molecule has 2 aliphatic heterocycles. The van der Waals surface area contributed by atoms with Gasteiger partial charge in [0.25, 0.3) is 5.91 Å². The molecule has 0 radical (unpaired) electrons. The Morgan fingerprint density at radius 3 is 2.26 bits per heavy atom. The van der Waals surface area contributed by atoms with Gasteiger partial charge in [-0.1, -0.05) is 48.5 Å². The van der Waals surface area contributed by atoms with Gasteiger partial charge < -0.3 is 41.2 Å². The summed E-state index contributed by atoms with van der Waals surface area (Å²) in [5.74, 6) is -5.64. The highest BCUT2D eigenvalue weighted by Gasteiger charge is 2.32. The highest BCUT2D eigenvalue weighted by Crippen LogP contribution is 2.15. The topological polar surface area (TPSA) is 218 Å². The van der Waals surface area contributed by atoms with Gasteiger partial charge in [0.2, 0.25) is 23.6 Å². The van der Waals surface area contributed by atoms with E-state index < -0.39 is 85.2 Å². The SMILES string of the molecule is COC(=O)[C@H](CC(=O)O)NC(=O)[C@@H]1Cc2ccc(cc2)OCC(=O)N[C@@H](Cc2cccs2)C(=O)NCC(=O)N[C@@H](Cc2ccccc2)C(=O)N1. The lowest BCUT2D eigenvalue weighted by atomic mass is 10.0. The van der Waals surface area contributed by atoms with E-state index in [4.69, 9.17) is 4.74 Å². The summed E-state index contributed by atoms with van der Waals surface area (Å²) in [6.07, 6.45) is -0.720. The molecule has 0 saturated carbocycles. The first-order valence-electron chi connectivity index (χ1n) is 15.6. The average Bonchev–Trinajstić information content (AvgIpc) is 3.61. The largest absolute Gasteiger partial charge is 0.484 e. The molecule has 15 nitrogen and oxygen atoms in total. The normalized spacial score (nSPS) is 19.5. The van der Waals surface area contributed by atoms with Crippen molar-refractivity contribution in [3.05, 3.63) is 88.1 Å². The Labute approximate surface area is 291 Å². The zero-order chi connectivity index (χ0) is 36.0. The number of ether oxygens (including phenoxy) is 2. The van der Waals surface area contributed by atoms with E-state index in [-0.39, 0.29) is 19.3 Å². The van der Waals surface area contributed by atoms with Gasteiger partial charge in [0.05, 0.1) is 20.1 Å². The highest BCUT2D eigenvalue weighted by molar-refractivity contribution is 7.09. The van der Waals surface area contributed by atoms with Crippen molar-refractivity contribution in [2.24, 2.45) is 0 Å². The van der Waals surface area contributed by atoms with Crippen LogP contribution in [0.4, 0.5) is 0 Å². The number of rotatable bonds is 9. The Morgan fingerprint density at radius 1 is 0.900 bits per heavy atom. The maximum Gasteiger partial charge on any atom is 0.328 e. The number of benzene rings is 2. The van der Waals surface area contributed by atoms with Crippen LogP contribution in [0.5, 0.6) is 5.75 Å². The summed E-state index contributed by atoms with van der Waals surface area (Å²) < 4.78 is 10.2. The molecule has 2 aliphatic rings. The minimum Gasteiger partial charge on any atom is -0.484 e. The fourth-order valence-electron chi connectivity index (χ4n) is 5.04. The number of thiophene rings is 1. The Kier molecular flexibility index (Phi) is 13.4. The van der Waals surface area contributed by atoms with Crippen LogP contribution in [0, 0.1) is 0 Å². The van der Waals surface area contributed by atoms with Crippen molar-refractivity contribution in [1.29, 1.82) is 0 Å². The van der Waals surface area contributed by atoms with Crippen LogP contribution >= 0.6 is 11.3 Å². The van der Waals surface area contributed by atoms with E-state index in [2.05, 4.69) is 31.3 Å². The van der Waals surface area contributed by atoms with Gasteiger partial charge >= 0.3 is 11.9 Å². The monoisotopic (exact) mass is 707 g/mol. The summed E-state index contributed by atoms with van der Waals surface area (Å²) in [5, 5.41) is 23.9. The molecule has 2 bridgehead atoms. The zero-order valence-electron chi connectivity index (χ0n) is 27.0. The Balaban J connectivity index is 1.64. The van der Waals surface area contributed by atoms with E-state index in [0.717, 1.165) is 12.0 Å². The van der Waals surface area contributed by atoms with Crippen molar-refractivity contribution in [1.82, 2.24) is 26.6 Å². The van der Waals surface area contributed by atoms with E-state index in [1.54, 1.807) is 54.6 Å². The molecule has 16 heteroatoms. The van der Waals surface area contributed by atoms with Crippen LogP contribution in [-0.4, -0.2) is 91.0 Å². The van der Waals surface area contributed by atoms with Crippen molar-refractivity contribution in [2.45, 2.75) is 49.9 Å². The van der Waals surface area contributed by atoms with Gasteiger partial charge in [-0.3, -0.25) is 28.8 Å². The number of carboxylic acid groups (broad SMARTS) is 1. The number of carboxylic acids is 1. The number of esters is 1. The number of carbonyl (C=O) groups excluding carboxylic acids is 6. The molecule has 5 rings (SSSR count). The van der Waals surface area contributed by atoms with Crippen LogP contribution in [0.1, 0.15) is 22.4 Å². The molecule has 4 atom stereocenters. The van der Waals surface area contributed by atoms with Gasteiger partial charge in [0.15, 0.2) is 6.61 Å². The lowest BCUT2D eigenvalue weighted by Crippen LogP contribution is -2.58.